The van der Waals surface area contributed by atoms with Crippen molar-refractivity contribution in [2.75, 3.05) is 11.9 Å². The van der Waals surface area contributed by atoms with Crippen LogP contribution in [0.25, 0.3) is 0 Å². The molecule has 0 saturated carbocycles. The topological polar surface area (TPSA) is 102 Å². The minimum absolute atomic E-state index is 0.140. The molecule has 0 aliphatic carbocycles. The van der Waals surface area contributed by atoms with Crippen molar-refractivity contribution in [3.8, 4) is 6.07 Å². The summed E-state index contributed by atoms with van der Waals surface area (Å²) in [4.78, 5) is 25.1. The predicted molar refractivity (Wildman–Crippen MR) is 109 cm³/mol. The molecule has 9 heteroatoms. The molecule has 2 amide bonds. The molecule has 0 saturated heterocycles. The van der Waals surface area contributed by atoms with Crippen LogP contribution in [0.3, 0.4) is 0 Å². The first kappa shape index (κ1) is 20.0. The van der Waals surface area contributed by atoms with Crippen LogP contribution < -0.4 is 10.6 Å². The van der Waals surface area contributed by atoms with Gasteiger partial charge in [-0.2, -0.15) is 16.6 Å². The van der Waals surface area contributed by atoms with E-state index in [4.69, 9.17) is 16.9 Å². The van der Waals surface area contributed by atoms with Crippen molar-refractivity contribution in [2.45, 2.75) is 5.60 Å². The van der Waals surface area contributed by atoms with Gasteiger partial charge in [-0.15, -0.1) is 11.3 Å². The van der Waals surface area contributed by atoms with Gasteiger partial charge in [0.1, 0.15) is 11.7 Å². The van der Waals surface area contributed by atoms with E-state index in [1.807, 2.05) is 16.8 Å². The van der Waals surface area contributed by atoms with E-state index in [0.29, 0.717) is 15.5 Å². The lowest BCUT2D eigenvalue weighted by Gasteiger charge is -2.26. The molecule has 3 aromatic rings. The van der Waals surface area contributed by atoms with Gasteiger partial charge in [0, 0.05) is 15.5 Å². The summed E-state index contributed by atoms with van der Waals surface area (Å²) in [6.07, 6.45) is 0. The molecular formula is C19H14ClN3O3S2. The number of nitrogens with one attached hydrogen (secondary N) is 2. The van der Waals surface area contributed by atoms with Crippen molar-refractivity contribution in [3.63, 3.8) is 0 Å². The third-order valence-electron chi connectivity index (χ3n) is 3.99. The minimum atomic E-state index is -1.45. The first-order valence-corrected chi connectivity index (χ1v) is 10.2. The minimum Gasteiger partial charge on any atom is -0.378 e. The van der Waals surface area contributed by atoms with Crippen LogP contribution >= 0.6 is 34.3 Å². The van der Waals surface area contributed by atoms with Gasteiger partial charge < -0.3 is 15.7 Å². The summed E-state index contributed by atoms with van der Waals surface area (Å²) in [6.45, 7) is -0.183. The maximum Gasteiger partial charge on any atom is 0.313 e. The highest BCUT2D eigenvalue weighted by molar-refractivity contribution is 7.10. The quantitative estimate of drug-likeness (QED) is 0.539. The second-order valence-corrected chi connectivity index (χ2v) is 7.95. The number of carbonyl (C=O) groups is 2. The van der Waals surface area contributed by atoms with Gasteiger partial charge in [-0.25, -0.2) is 0 Å². The molecule has 0 aliphatic heterocycles. The molecule has 0 radical (unpaired) electrons. The molecular weight excluding hydrogens is 418 g/mol. The van der Waals surface area contributed by atoms with Crippen LogP contribution in [0.4, 0.5) is 5.69 Å². The summed E-state index contributed by atoms with van der Waals surface area (Å²) < 4.78 is 0. The van der Waals surface area contributed by atoms with Gasteiger partial charge in [-0.3, -0.25) is 9.59 Å². The second kappa shape index (κ2) is 8.54. The third-order valence-corrected chi connectivity index (χ3v) is 5.93. The van der Waals surface area contributed by atoms with Gasteiger partial charge in [0.2, 0.25) is 0 Å². The summed E-state index contributed by atoms with van der Waals surface area (Å²) in [5.41, 5.74) is -0.500. The Morgan fingerprint density at radius 3 is 2.68 bits per heavy atom. The van der Waals surface area contributed by atoms with E-state index < -0.39 is 17.4 Å². The van der Waals surface area contributed by atoms with Crippen molar-refractivity contribution in [3.05, 3.63) is 73.6 Å². The third kappa shape index (κ3) is 4.24. The Balaban J connectivity index is 1.73. The Morgan fingerprint density at radius 1 is 1.21 bits per heavy atom. The van der Waals surface area contributed by atoms with E-state index in [9.17, 15) is 14.7 Å². The lowest BCUT2D eigenvalue weighted by molar-refractivity contribution is -0.136. The zero-order chi connectivity index (χ0) is 20.1. The Morgan fingerprint density at radius 2 is 2.04 bits per heavy atom. The molecule has 2 heterocycles. The van der Waals surface area contributed by atoms with Crippen molar-refractivity contribution >= 4 is 51.8 Å². The van der Waals surface area contributed by atoms with Crippen LogP contribution in [0.5, 0.6) is 0 Å². The molecule has 3 N–H and O–H groups in total. The summed E-state index contributed by atoms with van der Waals surface area (Å²) in [5, 5.41) is 30.9. The summed E-state index contributed by atoms with van der Waals surface area (Å²) in [5.74, 6) is -1.90. The Kier molecular flexibility index (Phi) is 6.11. The number of anilines is 1. The van der Waals surface area contributed by atoms with E-state index in [-0.39, 0.29) is 17.8 Å². The highest BCUT2D eigenvalue weighted by atomic mass is 35.5. The Labute approximate surface area is 174 Å². The number of nitriles is 1. The van der Waals surface area contributed by atoms with Gasteiger partial charge in [-0.1, -0.05) is 17.7 Å². The summed E-state index contributed by atoms with van der Waals surface area (Å²) in [7, 11) is 0. The van der Waals surface area contributed by atoms with E-state index in [0.717, 1.165) is 0 Å². The first-order valence-electron chi connectivity index (χ1n) is 8.02. The number of amides is 2. The zero-order valence-electron chi connectivity index (χ0n) is 14.3. The second-order valence-electron chi connectivity index (χ2n) is 5.79. The molecule has 1 atom stereocenters. The molecule has 1 aromatic carbocycles. The number of carbonyl (C=O) groups excluding carboxylic acids is 2. The number of hydrogen-bond acceptors (Lipinski definition) is 6. The number of thiophene rings is 2. The lowest BCUT2D eigenvalue weighted by atomic mass is 9.94. The van der Waals surface area contributed by atoms with Crippen molar-refractivity contribution in [1.29, 1.82) is 5.26 Å². The molecule has 2 aromatic heterocycles. The van der Waals surface area contributed by atoms with E-state index >= 15 is 0 Å². The van der Waals surface area contributed by atoms with Crippen LogP contribution in [-0.4, -0.2) is 23.5 Å². The van der Waals surface area contributed by atoms with Crippen molar-refractivity contribution in [1.82, 2.24) is 5.32 Å². The predicted octanol–water partition coefficient (Wildman–Crippen LogP) is 3.33. The zero-order valence-corrected chi connectivity index (χ0v) is 16.7. The molecule has 28 heavy (non-hydrogen) atoms. The normalized spacial score (nSPS) is 12.6. The van der Waals surface area contributed by atoms with Crippen LogP contribution in [-0.2, 0) is 15.2 Å². The SMILES string of the molecule is N#Cc1ccc(Cl)cc1NC(=O)C(=O)NCC(O)(c1ccsc1)c1cccs1. The van der Waals surface area contributed by atoms with E-state index in [1.54, 1.807) is 23.6 Å². The molecule has 0 bridgehead atoms. The molecule has 0 fully saturated rings. The van der Waals surface area contributed by atoms with Gasteiger partial charge in [0.05, 0.1) is 17.8 Å². The smallest absolute Gasteiger partial charge is 0.313 e. The fourth-order valence-corrected chi connectivity index (χ4v) is 4.27. The fourth-order valence-electron chi connectivity index (χ4n) is 2.53. The number of halogens is 1. The van der Waals surface area contributed by atoms with Gasteiger partial charge in [-0.05, 0) is 46.5 Å². The average Bonchev–Trinajstić information content (AvgIpc) is 3.40. The number of nitrogens with zero attached hydrogens (tertiary/aromatic N) is 1. The number of benzene rings is 1. The van der Waals surface area contributed by atoms with E-state index in [1.165, 1.54) is 40.9 Å². The maximum atomic E-state index is 12.3. The molecule has 3 rings (SSSR count). The van der Waals surface area contributed by atoms with Crippen molar-refractivity contribution in [2.24, 2.45) is 0 Å². The van der Waals surface area contributed by atoms with Gasteiger partial charge in [0.25, 0.3) is 0 Å². The highest BCUT2D eigenvalue weighted by Gasteiger charge is 2.34. The maximum absolute atomic E-state index is 12.3. The van der Waals surface area contributed by atoms with Crippen LogP contribution in [0.15, 0.2) is 52.5 Å². The van der Waals surface area contributed by atoms with Crippen LogP contribution in [0.1, 0.15) is 16.0 Å². The summed E-state index contributed by atoms with van der Waals surface area (Å²) in [6, 6.07) is 11.6. The van der Waals surface area contributed by atoms with Crippen LogP contribution in [0, 0.1) is 11.3 Å². The van der Waals surface area contributed by atoms with Gasteiger partial charge in [0.15, 0.2) is 0 Å². The Hall–Kier alpha value is -2.70. The highest BCUT2D eigenvalue weighted by Crippen LogP contribution is 2.33. The number of aliphatic hydroxyl groups is 1. The molecule has 142 valence electrons. The first-order chi connectivity index (χ1) is 13.4. The van der Waals surface area contributed by atoms with Gasteiger partial charge >= 0.3 is 11.8 Å². The largest absolute Gasteiger partial charge is 0.378 e. The van der Waals surface area contributed by atoms with E-state index in [2.05, 4.69) is 10.6 Å². The van der Waals surface area contributed by atoms with Crippen molar-refractivity contribution < 1.29 is 14.7 Å². The number of hydrogen-bond donors (Lipinski definition) is 3. The fraction of sp³-hybridized carbons (Fsp3) is 0.105. The Bertz CT molecular complexity index is 993. The molecule has 0 spiro atoms. The standard InChI is InChI=1S/C19H14ClN3O3S2/c20-14-4-3-12(9-21)15(8-14)23-18(25)17(24)22-11-19(26,13-5-7-27-10-13)16-2-1-6-28-16/h1-8,10,26H,11H2,(H,22,24)(H,23,25). The lowest BCUT2D eigenvalue weighted by Crippen LogP contribution is -2.44. The summed E-state index contributed by atoms with van der Waals surface area (Å²) >= 11 is 8.65. The molecule has 0 aliphatic rings. The molecule has 6 nitrogen and oxygen atoms in total. The monoisotopic (exact) mass is 431 g/mol. The number of rotatable bonds is 5. The average molecular weight is 432 g/mol. The van der Waals surface area contributed by atoms with Crippen LogP contribution in [0.2, 0.25) is 5.02 Å². The molecule has 1 unspecified atom stereocenters.